The molecule has 1 aromatic heterocycles. The first-order valence-corrected chi connectivity index (χ1v) is 4.83. The fraction of sp³-hybridized carbons (Fsp3) is 0.0769. The predicted octanol–water partition coefficient (Wildman–Crippen LogP) is 3.07. The smallest absolute Gasteiger partial charge is 0.125 e. The van der Waals surface area contributed by atoms with E-state index >= 15 is 0 Å². The van der Waals surface area contributed by atoms with Crippen LogP contribution in [-0.4, -0.2) is 4.98 Å². The fourth-order valence-electron chi connectivity index (χ4n) is 1.46. The summed E-state index contributed by atoms with van der Waals surface area (Å²) in [6, 6.07) is 9.90. The van der Waals surface area contributed by atoms with Crippen LogP contribution in [0.1, 0.15) is 11.3 Å². The second kappa shape index (κ2) is 4.11. The molecule has 0 radical (unpaired) electrons. The van der Waals surface area contributed by atoms with Gasteiger partial charge in [-0.15, -0.1) is 0 Å². The van der Waals surface area contributed by atoms with Crippen molar-refractivity contribution >= 4 is 0 Å². The molecule has 0 N–H and O–H groups in total. The van der Waals surface area contributed by atoms with E-state index in [1.54, 1.807) is 12.3 Å². The van der Waals surface area contributed by atoms with E-state index in [2.05, 4.69) is 4.98 Å². The highest BCUT2D eigenvalue weighted by Gasteiger charge is 2.03. The molecule has 0 saturated carbocycles. The molecule has 0 fully saturated rings. The van der Waals surface area contributed by atoms with Crippen molar-refractivity contribution in [2.45, 2.75) is 6.92 Å². The van der Waals surface area contributed by atoms with Crippen LogP contribution < -0.4 is 0 Å². The number of nitrogens with zero attached hydrogens (tertiary/aromatic N) is 2. The average molecular weight is 212 g/mol. The molecule has 0 unspecified atom stereocenters. The Kier molecular flexibility index (Phi) is 2.65. The molecule has 0 saturated heterocycles. The predicted molar refractivity (Wildman–Crippen MR) is 59.1 cm³/mol. The van der Waals surface area contributed by atoms with Crippen LogP contribution in [0.4, 0.5) is 4.39 Å². The Bertz CT molecular complexity index is 553. The first-order chi connectivity index (χ1) is 7.69. The fourth-order valence-corrected chi connectivity index (χ4v) is 1.46. The zero-order valence-electron chi connectivity index (χ0n) is 8.74. The van der Waals surface area contributed by atoms with Gasteiger partial charge in [-0.2, -0.15) is 5.26 Å². The first kappa shape index (κ1) is 10.3. The number of pyridine rings is 1. The van der Waals surface area contributed by atoms with Crippen LogP contribution in [0.25, 0.3) is 11.1 Å². The van der Waals surface area contributed by atoms with Crippen LogP contribution in [0.15, 0.2) is 36.5 Å². The number of hydrogen-bond acceptors (Lipinski definition) is 2. The molecule has 0 spiro atoms. The lowest BCUT2D eigenvalue weighted by Gasteiger charge is -2.02. The number of benzene rings is 1. The lowest BCUT2D eigenvalue weighted by atomic mass is 10.0. The Labute approximate surface area is 93.0 Å². The maximum atomic E-state index is 13.2. The molecule has 2 aromatic rings. The average Bonchev–Trinajstić information content (AvgIpc) is 2.29. The summed E-state index contributed by atoms with van der Waals surface area (Å²) < 4.78 is 13.2. The lowest BCUT2D eigenvalue weighted by Crippen LogP contribution is -1.86. The topological polar surface area (TPSA) is 36.7 Å². The van der Waals surface area contributed by atoms with Gasteiger partial charge in [-0.1, -0.05) is 6.07 Å². The third kappa shape index (κ3) is 2.06. The number of hydrogen-bond donors (Lipinski definition) is 0. The van der Waals surface area contributed by atoms with E-state index < -0.39 is 5.82 Å². The SMILES string of the molecule is Cc1ccc(-c2cc(F)cc(C#N)c2)cn1. The summed E-state index contributed by atoms with van der Waals surface area (Å²) >= 11 is 0. The highest BCUT2D eigenvalue weighted by molar-refractivity contribution is 5.64. The zero-order chi connectivity index (χ0) is 11.5. The minimum Gasteiger partial charge on any atom is -0.261 e. The van der Waals surface area contributed by atoms with E-state index in [1.807, 2.05) is 25.1 Å². The van der Waals surface area contributed by atoms with Gasteiger partial charge in [-0.25, -0.2) is 4.39 Å². The summed E-state index contributed by atoms with van der Waals surface area (Å²) in [7, 11) is 0. The van der Waals surface area contributed by atoms with Crippen molar-refractivity contribution in [3.63, 3.8) is 0 Å². The molecule has 0 bridgehead atoms. The van der Waals surface area contributed by atoms with E-state index in [-0.39, 0.29) is 0 Å². The minimum absolute atomic E-state index is 0.315. The molecule has 2 nitrogen and oxygen atoms in total. The van der Waals surface area contributed by atoms with Gasteiger partial charge in [0.2, 0.25) is 0 Å². The molecule has 0 aliphatic heterocycles. The largest absolute Gasteiger partial charge is 0.261 e. The molecular formula is C13H9FN2. The molecule has 0 aliphatic rings. The van der Waals surface area contributed by atoms with Crippen molar-refractivity contribution in [2.24, 2.45) is 0 Å². The maximum Gasteiger partial charge on any atom is 0.125 e. The van der Waals surface area contributed by atoms with E-state index in [1.165, 1.54) is 12.1 Å². The van der Waals surface area contributed by atoms with Crippen LogP contribution >= 0.6 is 0 Å². The Morgan fingerprint density at radius 1 is 1.19 bits per heavy atom. The first-order valence-electron chi connectivity index (χ1n) is 4.83. The lowest BCUT2D eigenvalue weighted by molar-refractivity contribution is 0.628. The normalized spacial score (nSPS) is 9.81. The molecule has 0 atom stereocenters. The van der Waals surface area contributed by atoms with Gasteiger partial charge < -0.3 is 0 Å². The van der Waals surface area contributed by atoms with Crippen molar-refractivity contribution < 1.29 is 4.39 Å². The summed E-state index contributed by atoms with van der Waals surface area (Å²) in [6.45, 7) is 1.88. The monoisotopic (exact) mass is 212 g/mol. The van der Waals surface area contributed by atoms with Gasteiger partial charge in [0.1, 0.15) is 5.82 Å². The van der Waals surface area contributed by atoms with Gasteiger partial charge >= 0.3 is 0 Å². The Hall–Kier alpha value is -2.21. The van der Waals surface area contributed by atoms with Crippen LogP contribution in [0.3, 0.4) is 0 Å². The third-order valence-electron chi connectivity index (χ3n) is 2.27. The highest BCUT2D eigenvalue weighted by atomic mass is 19.1. The van der Waals surface area contributed by atoms with Crippen LogP contribution in [0.2, 0.25) is 0 Å². The molecule has 1 aromatic carbocycles. The summed E-state index contributed by atoms with van der Waals surface area (Å²) in [5.74, 6) is -0.408. The van der Waals surface area contributed by atoms with Crippen molar-refractivity contribution in [1.82, 2.24) is 4.98 Å². The van der Waals surface area contributed by atoms with Gasteiger partial charge in [0, 0.05) is 17.5 Å². The molecule has 0 aliphatic carbocycles. The van der Waals surface area contributed by atoms with Crippen molar-refractivity contribution in [2.75, 3.05) is 0 Å². The van der Waals surface area contributed by atoms with Crippen molar-refractivity contribution in [1.29, 1.82) is 5.26 Å². The van der Waals surface area contributed by atoms with E-state index in [4.69, 9.17) is 5.26 Å². The number of halogens is 1. The molecule has 78 valence electrons. The standard InChI is InChI=1S/C13H9FN2/c1-9-2-3-11(8-16-9)12-4-10(7-15)5-13(14)6-12/h2-6,8H,1H3. The van der Waals surface area contributed by atoms with Crippen LogP contribution in [-0.2, 0) is 0 Å². The third-order valence-corrected chi connectivity index (χ3v) is 2.27. The Balaban J connectivity index is 2.52. The van der Waals surface area contributed by atoms with Crippen molar-refractivity contribution in [3.8, 4) is 17.2 Å². The molecule has 1 heterocycles. The van der Waals surface area contributed by atoms with Gasteiger partial charge in [0.25, 0.3) is 0 Å². The Morgan fingerprint density at radius 2 is 2.00 bits per heavy atom. The second-order valence-electron chi connectivity index (χ2n) is 3.53. The molecule has 3 heteroatoms. The number of nitriles is 1. The molecule has 2 rings (SSSR count). The van der Waals surface area contributed by atoms with Crippen molar-refractivity contribution in [3.05, 3.63) is 53.6 Å². The Morgan fingerprint density at radius 3 is 2.62 bits per heavy atom. The van der Waals surface area contributed by atoms with Gasteiger partial charge in [-0.05, 0) is 36.8 Å². The quantitative estimate of drug-likeness (QED) is 0.728. The zero-order valence-corrected chi connectivity index (χ0v) is 8.74. The highest BCUT2D eigenvalue weighted by Crippen LogP contribution is 2.21. The summed E-state index contributed by atoms with van der Waals surface area (Å²) in [6.07, 6.45) is 1.67. The van der Waals surface area contributed by atoms with Crippen LogP contribution in [0, 0.1) is 24.1 Å². The van der Waals surface area contributed by atoms with Crippen LogP contribution in [0.5, 0.6) is 0 Å². The molecule has 16 heavy (non-hydrogen) atoms. The summed E-state index contributed by atoms with van der Waals surface area (Å²) in [4.78, 5) is 4.14. The minimum atomic E-state index is -0.408. The number of rotatable bonds is 1. The van der Waals surface area contributed by atoms with E-state index in [0.29, 0.717) is 11.1 Å². The second-order valence-corrected chi connectivity index (χ2v) is 3.53. The molecule has 0 amide bonds. The molecular weight excluding hydrogens is 203 g/mol. The van der Waals surface area contributed by atoms with E-state index in [9.17, 15) is 4.39 Å². The number of aromatic nitrogens is 1. The summed E-state index contributed by atoms with van der Waals surface area (Å²) in [5.41, 5.74) is 2.70. The van der Waals surface area contributed by atoms with Gasteiger partial charge in [-0.3, -0.25) is 4.98 Å². The van der Waals surface area contributed by atoms with Gasteiger partial charge in [0.05, 0.1) is 11.6 Å². The van der Waals surface area contributed by atoms with E-state index in [0.717, 1.165) is 11.3 Å². The maximum absolute atomic E-state index is 13.2. The number of aryl methyl sites for hydroxylation is 1. The summed E-state index contributed by atoms with van der Waals surface area (Å²) in [5, 5.41) is 8.75. The van der Waals surface area contributed by atoms with Gasteiger partial charge in [0.15, 0.2) is 0 Å².